The fraction of sp³-hybridized carbons (Fsp3) is 0. The standard InChI is InChI=1S/C37H24N2O7/c40-33(23-15-17-29(36(43)44)31(19-23)38-34(41)27-13-5-9-21-7-1-3-11-25(21)27)24-16-18-30(37(45)46)32(20-24)39-35(42)28-14-6-10-22-8-2-4-12-26(22)28/h1-20H,(H,38,41)(H,39,42)(H,43,44)(H,45,46). The number of carboxylic acids is 2. The quantitative estimate of drug-likeness (QED) is 0.134. The van der Waals surface area contributed by atoms with Gasteiger partial charge in [-0.3, -0.25) is 14.4 Å². The first kappa shape index (κ1) is 29.5. The van der Waals surface area contributed by atoms with Crippen LogP contribution in [0.1, 0.15) is 57.4 Å². The summed E-state index contributed by atoms with van der Waals surface area (Å²) in [7, 11) is 0. The minimum atomic E-state index is -1.31. The van der Waals surface area contributed by atoms with E-state index in [0.717, 1.165) is 10.8 Å². The molecule has 6 rings (SSSR count). The van der Waals surface area contributed by atoms with Crippen LogP contribution in [0.5, 0.6) is 0 Å². The number of anilines is 2. The van der Waals surface area contributed by atoms with Gasteiger partial charge in [0.2, 0.25) is 0 Å². The first-order valence-corrected chi connectivity index (χ1v) is 14.1. The van der Waals surface area contributed by atoms with Crippen LogP contribution >= 0.6 is 0 Å². The Morgan fingerprint density at radius 2 is 0.826 bits per heavy atom. The van der Waals surface area contributed by atoms with Gasteiger partial charge in [-0.15, -0.1) is 0 Å². The van der Waals surface area contributed by atoms with Crippen molar-refractivity contribution in [3.05, 3.63) is 155 Å². The molecule has 6 aromatic carbocycles. The van der Waals surface area contributed by atoms with E-state index in [-0.39, 0.29) is 33.6 Å². The van der Waals surface area contributed by atoms with Crippen LogP contribution in [0.15, 0.2) is 121 Å². The maximum Gasteiger partial charge on any atom is 0.337 e. The monoisotopic (exact) mass is 608 g/mol. The summed E-state index contributed by atoms with van der Waals surface area (Å²) in [6.07, 6.45) is 0. The minimum Gasteiger partial charge on any atom is -0.478 e. The topological polar surface area (TPSA) is 150 Å². The van der Waals surface area contributed by atoms with Crippen LogP contribution in [0.25, 0.3) is 21.5 Å². The maximum absolute atomic E-state index is 13.7. The number of aromatic carboxylic acids is 2. The lowest BCUT2D eigenvalue weighted by molar-refractivity contribution is 0.0687. The van der Waals surface area contributed by atoms with Crippen LogP contribution < -0.4 is 10.6 Å². The second-order valence-corrected chi connectivity index (χ2v) is 10.4. The third kappa shape index (κ3) is 5.68. The van der Waals surface area contributed by atoms with Crippen molar-refractivity contribution in [1.29, 1.82) is 0 Å². The highest BCUT2D eigenvalue weighted by molar-refractivity contribution is 6.18. The van der Waals surface area contributed by atoms with E-state index in [9.17, 15) is 34.2 Å². The second kappa shape index (κ2) is 12.2. The Balaban J connectivity index is 1.33. The number of ketones is 1. The fourth-order valence-corrected chi connectivity index (χ4v) is 5.34. The molecule has 0 unspecified atom stereocenters. The predicted octanol–water partition coefficient (Wildman–Crippen LogP) is 7.13. The number of rotatable bonds is 8. The van der Waals surface area contributed by atoms with Gasteiger partial charge >= 0.3 is 11.9 Å². The lowest BCUT2D eigenvalue weighted by Crippen LogP contribution is -2.17. The molecule has 0 radical (unpaired) electrons. The summed E-state index contributed by atoms with van der Waals surface area (Å²) in [5.74, 6) is -4.33. The Morgan fingerprint density at radius 3 is 1.24 bits per heavy atom. The predicted molar refractivity (Wildman–Crippen MR) is 174 cm³/mol. The summed E-state index contributed by atoms with van der Waals surface area (Å²) in [5.41, 5.74) is 0.0684. The molecule has 9 nitrogen and oxygen atoms in total. The zero-order chi connectivity index (χ0) is 32.4. The summed E-state index contributed by atoms with van der Waals surface area (Å²) in [6.45, 7) is 0. The number of fused-ring (bicyclic) bond motifs is 2. The van der Waals surface area contributed by atoms with Gasteiger partial charge in [-0.2, -0.15) is 0 Å². The molecule has 0 aliphatic rings. The Labute approximate surface area is 261 Å². The molecule has 224 valence electrons. The molecule has 9 heteroatoms. The molecule has 0 aromatic heterocycles. The fourth-order valence-electron chi connectivity index (χ4n) is 5.34. The van der Waals surface area contributed by atoms with Crippen LogP contribution in [0.3, 0.4) is 0 Å². The summed E-state index contributed by atoms with van der Waals surface area (Å²) in [4.78, 5) is 64.3. The Bertz CT molecular complexity index is 2070. The van der Waals surface area contributed by atoms with Crippen molar-refractivity contribution < 1.29 is 34.2 Å². The van der Waals surface area contributed by atoms with Crippen LogP contribution in [-0.4, -0.2) is 39.7 Å². The van der Waals surface area contributed by atoms with Gasteiger partial charge in [0.05, 0.1) is 22.5 Å². The van der Waals surface area contributed by atoms with Crippen molar-refractivity contribution >= 4 is 62.5 Å². The molecule has 6 aromatic rings. The van der Waals surface area contributed by atoms with Gasteiger partial charge in [0.25, 0.3) is 11.8 Å². The third-order valence-corrected chi connectivity index (χ3v) is 7.59. The van der Waals surface area contributed by atoms with Gasteiger partial charge in [-0.05, 0) is 57.9 Å². The lowest BCUT2D eigenvalue weighted by atomic mass is 9.98. The Kier molecular flexibility index (Phi) is 7.80. The Morgan fingerprint density at radius 1 is 0.435 bits per heavy atom. The van der Waals surface area contributed by atoms with Crippen molar-refractivity contribution in [2.75, 3.05) is 10.6 Å². The second-order valence-electron chi connectivity index (χ2n) is 10.4. The number of hydrogen-bond donors (Lipinski definition) is 4. The first-order chi connectivity index (χ1) is 22.2. The smallest absolute Gasteiger partial charge is 0.337 e. The summed E-state index contributed by atoms with van der Waals surface area (Å²) >= 11 is 0. The van der Waals surface area contributed by atoms with Crippen molar-refractivity contribution in [3.8, 4) is 0 Å². The summed E-state index contributed by atoms with van der Waals surface area (Å²) in [6, 6.07) is 32.4. The van der Waals surface area contributed by atoms with E-state index in [1.165, 1.54) is 36.4 Å². The number of carbonyl (C=O) groups excluding carboxylic acids is 3. The van der Waals surface area contributed by atoms with Gasteiger partial charge in [0.1, 0.15) is 0 Å². The highest BCUT2D eigenvalue weighted by Crippen LogP contribution is 2.27. The number of hydrogen-bond acceptors (Lipinski definition) is 5. The van der Waals surface area contributed by atoms with E-state index in [1.54, 1.807) is 48.5 Å². The number of carboxylic acid groups (broad SMARTS) is 2. The van der Waals surface area contributed by atoms with E-state index < -0.39 is 29.5 Å². The van der Waals surface area contributed by atoms with Crippen molar-refractivity contribution in [2.45, 2.75) is 0 Å². The van der Waals surface area contributed by atoms with Gasteiger partial charge in [-0.25, -0.2) is 9.59 Å². The molecule has 46 heavy (non-hydrogen) atoms. The highest BCUT2D eigenvalue weighted by Gasteiger charge is 2.21. The molecule has 0 bridgehead atoms. The molecular weight excluding hydrogens is 584 g/mol. The van der Waals surface area contributed by atoms with E-state index >= 15 is 0 Å². The van der Waals surface area contributed by atoms with E-state index in [0.29, 0.717) is 21.9 Å². The molecule has 0 saturated carbocycles. The number of nitrogens with one attached hydrogen (secondary N) is 2. The molecule has 0 atom stereocenters. The van der Waals surface area contributed by atoms with Crippen LogP contribution in [0.4, 0.5) is 11.4 Å². The van der Waals surface area contributed by atoms with E-state index in [2.05, 4.69) is 10.6 Å². The van der Waals surface area contributed by atoms with Crippen molar-refractivity contribution in [3.63, 3.8) is 0 Å². The number of carbonyl (C=O) groups is 5. The maximum atomic E-state index is 13.7. The summed E-state index contributed by atoms with van der Waals surface area (Å²) < 4.78 is 0. The molecule has 4 N–H and O–H groups in total. The molecule has 0 saturated heterocycles. The van der Waals surface area contributed by atoms with Gasteiger partial charge in [0.15, 0.2) is 5.78 Å². The molecule has 2 amide bonds. The first-order valence-electron chi connectivity index (χ1n) is 14.1. The zero-order valence-corrected chi connectivity index (χ0v) is 24.0. The van der Waals surface area contributed by atoms with Gasteiger partial charge < -0.3 is 20.8 Å². The van der Waals surface area contributed by atoms with E-state index in [4.69, 9.17) is 0 Å². The zero-order valence-electron chi connectivity index (χ0n) is 24.0. The molecular formula is C37H24N2O7. The average Bonchev–Trinajstić information content (AvgIpc) is 3.07. The molecule has 0 heterocycles. The van der Waals surface area contributed by atoms with Crippen molar-refractivity contribution in [2.24, 2.45) is 0 Å². The molecule has 0 aliphatic heterocycles. The number of benzene rings is 6. The highest BCUT2D eigenvalue weighted by atomic mass is 16.4. The molecule has 0 aliphatic carbocycles. The van der Waals surface area contributed by atoms with Crippen LogP contribution in [-0.2, 0) is 0 Å². The van der Waals surface area contributed by atoms with Crippen molar-refractivity contribution in [1.82, 2.24) is 0 Å². The normalized spacial score (nSPS) is 10.8. The van der Waals surface area contributed by atoms with Crippen LogP contribution in [0, 0.1) is 0 Å². The SMILES string of the molecule is O=C(c1ccc(C(=O)O)c(NC(=O)c2cccc3ccccc23)c1)c1ccc(C(=O)O)c(NC(=O)c2cccc3ccccc23)c1. The molecule has 0 spiro atoms. The molecule has 0 fully saturated rings. The number of amides is 2. The van der Waals surface area contributed by atoms with Gasteiger partial charge in [0, 0.05) is 22.3 Å². The van der Waals surface area contributed by atoms with E-state index in [1.807, 2.05) is 36.4 Å². The lowest BCUT2D eigenvalue weighted by Gasteiger charge is -2.14. The summed E-state index contributed by atoms with van der Waals surface area (Å²) in [5, 5.41) is 27.9. The largest absolute Gasteiger partial charge is 0.478 e. The van der Waals surface area contributed by atoms with Gasteiger partial charge in [-0.1, -0.05) is 84.9 Å². The Hall–Kier alpha value is -6.61. The van der Waals surface area contributed by atoms with Crippen LogP contribution in [0.2, 0.25) is 0 Å². The minimum absolute atomic E-state index is 0.0348. The average molecular weight is 609 g/mol. The third-order valence-electron chi connectivity index (χ3n) is 7.59.